The van der Waals surface area contributed by atoms with E-state index in [0.29, 0.717) is 11.4 Å². The lowest BCUT2D eigenvalue weighted by Crippen LogP contribution is -2.19. The van der Waals surface area contributed by atoms with E-state index < -0.39 is 11.6 Å². The van der Waals surface area contributed by atoms with Crippen LogP contribution in [0.2, 0.25) is 10.0 Å². The van der Waals surface area contributed by atoms with Crippen LogP contribution in [-0.4, -0.2) is 5.11 Å². The monoisotopic (exact) mass is 332 g/mol. The molecule has 2 nitrogen and oxygen atoms in total. The predicted octanol–water partition coefficient (Wildman–Crippen LogP) is 5.08. The fourth-order valence-electron chi connectivity index (χ4n) is 1.45. The van der Waals surface area contributed by atoms with Crippen molar-refractivity contribution in [2.24, 2.45) is 0 Å². The number of halogens is 4. The van der Waals surface area contributed by atoms with Gasteiger partial charge >= 0.3 is 0 Å². The molecule has 7 heteroatoms. The summed E-state index contributed by atoms with van der Waals surface area (Å²) in [7, 11) is 0. The molecule has 0 saturated carbocycles. The van der Waals surface area contributed by atoms with E-state index in [1.54, 1.807) is 0 Å². The molecule has 2 N–H and O–H groups in total. The minimum absolute atomic E-state index is 0.0161. The second-order valence-electron chi connectivity index (χ2n) is 3.83. The average Bonchev–Trinajstić information content (AvgIpc) is 2.37. The topological polar surface area (TPSA) is 24.1 Å². The molecule has 0 aliphatic rings. The standard InChI is InChI=1S/C13H8Cl2F2N2S/c14-9-6-8(2-3-11(9)17)18-13(20)19-12-4-1-7(16)5-10(12)15/h1-6H,(H2,18,19,20). The summed E-state index contributed by atoms with van der Waals surface area (Å²) in [6.07, 6.45) is 0. The van der Waals surface area contributed by atoms with Gasteiger partial charge in [-0.05, 0) is 48.6 Å². The van der Waals surface area contributed by atoms with E-state index in [0.717, 1.165) is 0 Å². The Balaban J connectivity index is 2.07. The second-order valence-corrected chi connectivity index (χ2v) is 5.05. The highest BCUT2D eigenvalue weighted by Gasteiger charge is 2.06. The zero-order valence-corrected chi connectivity index (χ0v) is 12.2. The van der Waals surface area contributed by atoms with Crippen molar-refractivity contribution >= 4 is 51.9 Å². The third-order valence-corrected chi connectivity index (χ3v) is 3.16. The fraction of sp³-hybridized carbons (Fsp3) is 0. The SMILES string of the molecule is Fc1ccc(NC(=S)Nc2ccc(F)c(Cl)c2)c(Cl)c1. The molecule has 20 heavy (non-hydrogen) atoms. The van der Waals surface area contributed by atoms with Crippen LogP contribution in [0.5, 0.6) is 0 Å². The quantitative estimate of drug-likeness (QED) is 0.750. The fourth-order valence-corrected chi connectivity index (χ4v) is 2.07. The zero-order valence-electron chi connectivity index (χ0n) is 9.88. The molecule has 0 aliphatic heterocycles. The molecule has 2 aromatic carbocycles. The maximum Gasteiger partial charge on any atom is 0.175 e. The van der Waals surface area contributed by atoms with Crippen molar-refractivity contribution in [1.82, 2.24) is 0 Å². The normalized spacial score (nSPS) is 10.2. The molecule has 2 aromatic rings. The minimum Gasteiger partial charge on any atom is -0.332 e. The number of anilines is 2. The third kappa shape index (κ3) is 3.79. The predicted molar refractivity (Wildman–Crippen MR) is 82.7 cm³/mol. The highest BCUT2D eigenvalue weighted by Crippen LogP contribution is 2.23. The summed E-state index contributed by atoms with van der Waals surface area (Å²) in [4.78, 5) is 0. The highest BCUT2D eigenvalue weighted by molar-refractivity contribution is 7.80. The van der Waals surface area contributed by atoms with Gasteiger partial charge in [0.05, 0.1) is 15.7 Å². The molecule has 0 aliphatic carbocycles. The van der Waals surface area contributed by atoms with E-state index >= 15 is 0 Å². The molecule has 0 radical (unpaired) electrons. The summed E-state index contributed by atoms with van der Waals surface area (Å²) < 4.78 is 25.9. The Morgan fingerprint density at radius 3 is 2.35 bits per heavy atom. The van der Waals surface area contributed by atoms with Crippen LogP contribution in [0.1, 0.15) is 0 Å². The number of benzene rings is 2. The first-order valence-corrected chi connectivity index (χ1v) is 6.60. The lowest BCUT2D eigenvalue weighted by atomic mass is 10.3. The van der Waals surface area contributed by atoms with Crippen LogP contribution in [0, 0.1) is 11.6 Å². The van der Waals surface area contributed by atoms with Crippen molar-refractivity contribution in [3.8, 4) is 0 Å². The first-order valence-electron chi connectivity index (χ1n) is 5.44. The Morgan fingerprint density at radius 2 is 1.70 bits per heavy atom. The van der Waals surface area contributed by atoms with Crippen LogP contribution in [0.3, 0.4) is 0 Å². The van der Waals surface area contributed by atoms with Crippen LogP contribution >= 0.6 is 35.4 Å². The number of hydrogen-bond acceptors (Lipinski definition) is 1. The third-order valence-electron chi connectivity index (χ3n) is 2.36. The van der Waals surface area contributed by atoms with Crippen molar-refractivity contribution in [1.29, 1.82) is 0 Å². The smallest absolute Gasteiger partial charge is 0.175 e. The summed E-state index contributed by atoms with van der Waals surface area (Å²) in [6.45, 7) is 0. The molecule has 0 atom stereocenters. The Morgan fingerprint density at radius 1 is 0.950 bits per heavy atom. The van der Waals surface area contributed by atoms with Crippen LogP contribution in [0.4, 0.5) is 20.2 Å². The first-order chi connectivity index (χ1) is 9.45. The van der Waals surface area contributed by atoms with Gasteiger partial charge < -0.3 is 10.6 Å². The van der Waals surface area contributed by atoms with Crippen molar-refractivity contribution in [2.75, 3.05) is 10.6 Å². The summed E-state index contributed by atoms with van der Waals surface area (Å²) in [6, 6.07) is 7.99. The summed E-state index contributed by atoms with van der Waals surface area (Å²) in [5.41, 5.74) is 0.978. The molecule has 104 valence electrons. The zero-order chi connectivity index (χ0) is 14.7. The minimum atomic E-state index is -0.516. The maximum atomic E-state index is 13.0. The molecule has 0 unspecified atom stereocenters. The molecule has 0 amide bonds. The second kappa shape index (κ2) is 6.35. The van der Waals surface area contributed by atoms with Gasteiger partial charge in [-0.25, -0.2) is 8.78 Å². The van der Waals surface area contributed by atoms with E-state index in [4.69, 9.17) is 35.4 Å². The van der Waals surface area contributed by atoms with Gasteiger partial charge in [0.1, 0.15) is 11.6 Å². The molecule has 0 saturated heterocycles. The van der Waals surface area contributed by atoms with E-state index in [1.165, 1.54) is 36.4 Å². The van der Waals surface area contributed by atoms with Crippen LogP contribution < -0.4 is 10.6 Å². The summed E-state index contributed by atoms with van der Waals surface area (Å²) in [5.74, 6) is -0.956. The van der Waals surface area contributed by atoms with Crippen LogP contribution in [-0.2, 0) is 0 Å². The van der Waals surface area contributed by atoms with Gasteiger partial charge in [0, 0.05) is 5.69 Å². The molecule has 0 bridgehead atoms. The van der Waals surface area contributed by atoms with Gasteiger partial charge in [0.25, 0.3) is 0 Å². The van der Waals surface area contributed by atoms with Crippen molar-refractivity contribution in [2.45, 2.75) is 0 Å². The Bertz CT molecular complexity index is 665. The number of thiocarbonyl (C=S) groups is 1. The van der Waals surface area contributed by atoms with E-state index in [9.17, 15) is 8.78 Å². The average molecular weight is 333 g/mol. The molecule has 0 fully saturated rings. The van der Waals surface area contributed by atoms with Gasteiger partial charge in [0.15, 0.2) is 5.11 Å². The summed E-state index contributed by atoms with van der Waals surface area (Å²) in [5, 5.41) is 6.03. The van der Waals surface area contributed by atoms with Crippen LogP contribution in [0.15, 0.2) is 36.4 Å². The largest absolute Gasteiger partial charge is 0.332 e. The van der Waals surface area contributed by atoms with E-state index in [-0.39, 0.29) is 15.2 Å². The first kappa shape index (κ1) is 15.0. The molecular weight excluding hydrogens is 325 g/mol. The molecule has 0 heterocycles. The molecular formula is C13H8Cl2F2N2S. The van der Waals surface area contributed by atoms with Crippen molar-refractivity contribution < 1.29 is 8.78 Å². The number of rotatable bonds is 2. The van der Waals surface area contributed by atoms with Gasteiger partial charge in [-0.15, -0.1) is 0 Å². The molecule has 0 spiro atoms. The highest BCUT2D eigenvalue weighted by atomic mass is 35.5. The number of nitrogens with one attached hydrogen (secondary N) is 2. The van der Waals surface area contributed by atoms with Gasteiger partial charge in [0.2, 0.25) is 0 Å². The van der Waals surface area contributed by atoms with E-state index in [2.05, 4.69) is 10.6 Å². The Kier molecular flexibility index (Phi) is 4.75. The molecule has 0 aromatic heterocycles. The lowest BCUT2D eigenvalue weighted by Gasteiger charge is -2.12. The maximum absolute atomic E-state index is 13.0. The van der Waals surface area contributed by atoms with Gasteiger partial charge in [-0.3, -0.25) is 0 Å². The number of hydrogen-bond donors (Lipinski definition) is 2. The summed E-state index contributed by atoms with van der Waals surface area (Å²) >= 11 is 16.6. The van der Waals surface area contributed by atoms with Crippen molar-refractivity contribution in [3.63, 3.8) is 0 Å². The van der Waals surface area contributed by atoms with Gasteiger partial charge in [-0.2, -0.15) is 0 Å². The van der Waals surface area contributed by atoms with Crippen molar-refractivity contribution in [3.05, 3.63) is 58.1 Å². The van der Waals surface area contributed by atoms with Crippen LogP contribution in [0.25, 0.3) is 0 Å². The molecule has 2 rings (SSSR count). The van der Waals surface area contributed by atoms with E-state index in [1.807, 2.05) is 0 Å². The Hall–Kier alpha value is -1.43. The Labute approximate surface area is 129 Å². The van der Waals surface area contributed by atoms with Gasteiger partial charge in [-0.1, -0.05) is 23.2 Å². The lowest BCUT2D eigenvalue weighted by molar-refractivity contribution is 0.628.